The Hall–Kier alpha value is -1.62. The molecule has 4 nitrogen and oxygen atoms in total. The molecule has 2 aromatic carbocycles. The van der Waals surface area contributed by atoms with E-state index in [2.05, 4.69) is 20.7 Å². The minimum Gasteiger partial charge on any atom is -0.277 e. The Kier molecular flexibility index (Phi) is 4.52. The molecule has 1 N–H and O–H groups in total. The van der Waals surface area contributed by atoms with Crippen molar-refractivity contribution >= 4 is 43.2 Å². The minimum absolute atomic E-state index is 0.000596. The van der Waals surface area contributed by atoms with E-state index in [-0.39, 0.29) is 25.6 Å². The number of halogens is 3. The molecule has 0 spiro atoms. The fraction of sp³-hybridized carbons (Fsp3) is 0. The summed E-state index contributed by atoms with van der Waals surface area (Å²) in [5.41, 5.74) is 0.00478. The first-order valence-electron chi connectivity index (χ1n) is 5.51. The maximum atomic E-state index is 13.1. The lowest BCUT2D eigenvalue weighted by Crippen LogP contribution is -2.15. The number of nitrogens with zero attached hydrogens (tertiary/aromatic N) is 1. The van der Waals surface area contributed by atoms with Crippen molar-refractivity contribution in [2.45, 2.75) is 4.90 Å². The highest BCUT2D eigenvalue weighted by Gasteiger charge is 2.21. The van der Waals surface area contributed by atoms with E-state index < -0.39 is 15.8 Å². The molecular formula is C13H7BrClFN2O2S. The predicted molar refractivity (Wildman–Crippen MR) is 81.1 cm³/mol. The van der Waals surface area contributed by atoms with E-state index in [0.717, 1.165) is 12.1 Å². The summed E-state index contributed by atoms with van der Waals surface area (Å²) in [6.45, 7) is 0. The van der Waals surface area contributed by atoms with Crippen LogP contribution in [-0.4, -0.2) is 8.42 Å². The summed E-state index contributed by atoms with van der Waals surface area (Å²) in [4.78, 5) is -0.181. The summed E-state index contributed by atoms with van der Waals surface area (Å²) in [7, 11) is -4.02. The molecule has 0 aliphatic carbocycles. The molecule has 0 aromatic heterocycles. The Labute approximate surface area is 134 Å². The van der Waals surface area contributed by atoms with Gasteiger partial charge in [-0.3, -0.25) is 4.72 Å². The molecule has 21 heavy (non-hydrogen) atoms. The second-order valence-electron chi connectivity index (χ2n) is 3.96. The van der Waals surface area contributed by atoms with E-state index in [1.54, 1.807) is 12.1 Å². The first-order chi connectivity index (χ1) is 9.85. The third kappa shape index (κ3) is 3.35. The predicted octanol–water partition coefficient (Wildman–Crippen LogP) is 3.91. The van der Waals surface area contributed by atoms with Gasteiger partial charge in [-0.15, -0.1) is 0 Å². The van der Waals surface area contributed by atoms with E-state index in [0.29, 0.717) is 0 Å². The summed E-state index contributed by atoms with van der Waals surface area (Å²) < 4.78 is 40.2. The molecule has 0 aliphatic heterocycles. The Morgan fingerprint density at radius 3 is 2.57 bits per heavy atom. The quantitative estimate of drug-likeness (QED) is 0.865. The average molecular weight is 390 g/mol. The third-order valence-electron chi connectivity index (χ3n) is 2.54. The van der Waals surface area contributed by atoms with Gasteiger partial charge in [0.15, 0.2) is 0 Å². The Morgan fingerprint density at radius 2 is 1.95 bits per heavy atom. The van der Waals surface area contributed by atoms with Gasteiger partial charge in [0.05, 0.1) is 16.3 Å². The van der Waals surface area contributed by atoms with E-state index in [1.165, 1.54) is 18.2 Å². The van der Waals surface area contributed by atoms with Crippen molar-refractivity contribution in [3.05, 3.63) is 57.3 Å². The lowest BCUT2D eigenvalue weighted by molar-refractivity contribution is 0.600. The summed E-state index contributed by atoms with van der Waals surface area (Å²) >= 11 is 8.88. The van der Waals surface area contributed by atoms with Crippen molar-refractivity contribution in [1.29, 1.82) is 5.26 Å². The van der Waals surface area contributed by atoms with Crippen molar-refractivity contribution in [2.24, 2.45) is 0 Å². The molecule has 0 atom stereocenters. The molecule has 0 amide bonds. The van der Waals surface area contributed by atoms with Crippen LogP contribution in [0.2, 0.25) is 5.02 Å². The van der Waals surface area contributed by atoms with Gasteiger partial charge in [-0.05, 0) is 40.2 Å². The smallest absolute Gasteiger partial charge is 0.263 e. The second kappa shape index (κ2) is 6.02. The van der Waals surface area contributed by atoms with Crippen molar-refractivity contribution in [2.75, 3.05) is 4.72 Å². The molecule has 0 saturated heterocycles. The van der Waals surface area contributed by atoms with Crippen LogP contribution in [0.4, 0.5) is 10.1 Å². The second-order valence-corrected chi connectivity index (χ2v) is 6.87. The van der Waals surface area contributed by atoms with Crippen LogP contribution in [0.25, 0.3) is 0 Å². The molecule has 8 heteroatoms. The molecule has 2 rings (SSSR count). The lowest BCUT2D eigenvalue weighted by Gasteiger charge is -2.12. The van der Waals surface area contributed by atoms with Gasteiger partial charge in [-0.2, -0.15) is 5.26 Å². The number of benzene rings is 2. The van der Waals surface area contributed by atoms with Gasteiger partial charge in [-0.25, -0.2) is 12.8 Å². The lowest BCUT2D eigenvalue weighted by atomic mass is 10.2. The van der Waals surface area contributed by atoms with Crippen LogP contribution < -0.4 is 4.72 Å². The Morgan fingerprint density at radius 1 is 1.29 bits per heavy atom. The van der Waals surface area contributed by atoms with Gasteiger partial charge in [-0.1, -0.05) is 23.7 Å². The number of nitriles is 1. The standard InChI is InChI=1S/C13H7BrClFN2O2S/c14-10-5-9(16)6-11(15)13(10)18-21(19,20)12-4-2-1-3-8(12)7-17/h1-6,18H. The number of sulfonamides is 1. The van der Waals surface area contributed by atoms with Crippen LogP contribution in [-0.2, 0) is 10.0 Å². The maximum Gasteiger partial charge on any atom is 0.263 e. The highest BCUT2D eigenvalue weighted by Crippen LogP contribution is 2.33. The SMILES string of the molecule is N#Cc1ccccc1S(=O)(=O)Nc1c(Cl)cc(F)cc1Br. The average Bonchev–Trinajstić information content (AvgIpc) is 2.43. The molecule has 0 unspecified atom stereocenters. The maximum absolute atomic E-state index is 13.1. The first kappa shape index (κ1) is 15.8. The van der Waals surface area contributed by atoms with E-state index in [9.17, 15) is 12.8 Å². The summed E-state index contributed by atoms with van der Waals surface area (Å²) in [6.07, 6.45) is 0. The highest BCUT2D eigenvalue weighted by atomic mass is 79.9. The normalized spacial score (nSPS) is 11.0. The van der Waals surface area contributed by atoms with Gasteiger partial charge >= 0.3 is 0 Å². The van der Waals surface area contributed by atoms with Crippen LogP contribution in [0.5, 0.6) is 0 Å². The number of nitrogens with one attached hydrogen (secondary N) is 1. The molecule has 2 aromatic rings. The summed E-state index contributed by atoms with van der Waals surface area (Å²) in [5, 5.41) is 8.87. The molecule has 0 aliphatic rings. The van der Waals surface area contributed by atoms with Crippen molar-refractivity contribution in [3.8, 4) is 6.07 Å². The minimum atomic E-state index is -4.02. The molecule has 0 bridgehead atoms. The summed E-state index contributed by atoms with van der Waals surface area (Å²) in [6, 6.07) is 9.60. The van der Waals surface area contributed by atoms with E-state index >= 15 is 0 Å². The fourth-order valence-corrected chi connectivity index (χ4v) is 3.97. The summed E-state index contributed by atoms with van der Waals surface area (Å²) in [5.74, 6) is -0.604. The van der Waals surface area contributed by atoms with Crippen LogP contribution in [0.3, 0.4) is 0 Å². The van der Waals surface area contributed by atoms with Crippen LogP contribution in [0.1, 0.15) is 5.56 Å². The molecule has 0 heterocycles. The fourth-order valence-electron chi connectivity index (χ4n) is 1.62. The van der Waals surface area contributed by atoms with Crippen molar-refractivity contribution in [3.63, 3.8) is 0 Å². The van der Waals surface area contributed by atoms with Crippen LogP contribution in [0.15, 0.2) is 45.8 Å². The zero-order valence-corrected chi connectivity index (χ0v) is 13.4. The third-order valence-corrected chi connectivity index (χ3v) is 4.87. The van der Waals surface area contributed by atoms with Gasteiger partial charge in [0.25, 0.3) is 10.0 Å². The van der Waals surface area contributed by atoms with Crippen LogP contribution >= 0.6 is 27.5 Å². The Bertz CT molecular complexity index is 826. The molecule has 0 saturated carbocycles. The van der Waals surface area contributed by atoms with Crippen molar-refractivity contribution < 1.29 is 12.8 Å². The van der Waals surface area contributed by atoms with Gasteiger partial charge in [0.1, 0.15) is 16.8 Å². The van der Waals surface area contributed by atoms with Crippen LogP contribution in [0, 0.1) is 17.1 Å². The zero-order valence-electron chi connectivity index (χ0n) is 10.3. The molecule has 0 radical (unpaired) electrons. The highest BCUT2D eigenvalue weighted by molar-refractivity contribution is 9.10. The number of hydrogen-bond donors (Lipinski definition) is 1. The van der Waals surface area contributed by atoms with Crippen molar-refractivity contribution in [1.82, 2.24) is 0 Å². The van der Waals surface area contributed by atoms with Gasteiger partial charge in [0, 0.05) is 4.47 Å². The number of rotatable bonds is 3. The van der Waals surface area contributed by atoms with Gasteiger partial charge < -0.3 is 0 Å². The molecule has 0 fully saturated rings. The monoisotopic (exact) mass is 388 g/mol. The zero-order chi connectivity index (χ0) is 15.6. The van der Waals surface area contributed by atoms with Gasteiger partial charge in [0.2, 0.25) is 0 Å². The largest absolute Gasteiger partial charge is 0.277 e. The molecular weight excluding hydrogens is 383 g/mol. The number of hydrogen-bond acceptors (Lipinski definition) is 3. The topological polar surface area (TPSA) is 70.0 Å². The number of anilines is 1. The Balaban J connectivity index is 2.51. The van der Waals surface area contributed by atoms with E-state index in [1.807, 2.05) is 0 Å². The van der Waals surface area contributed by atoms with E-state index in [4.69, 9.17) is 16.9 Å². The molecule has 108 valence electrons. The first-order valence-corrected chi connectivity index (χ1v) is 8.17.